The second-order valence-corrected chi connectivity index (χ2v) is 6.80. The van der Waals surface area contributed by atoms with Gasteiger partial charge in [-0.15, -0.1) is 0 Å². The van der Waals surface area contributed by atoms with E-state index in [4.69, 9.17) is 0 Å². The van der Waals surface area contributed by atoms with Gasteiger partial charge in [0.25, 0.3) is 0 Å². The fourth-order valence-corrected chi connectivity index (χ4v) is 3.57. The molecule has 0 bridgehead atoms. The average molecular weight is 335 g/mol. The first-order chi connectivity index (χ1) is 11.0. The van der Waals surface area contributed by atoms with Crippen LogP contribution in [-0.4, -0.2) is 48.3 Å². The molecule has 0 aromatic carbocycles. The normalized spacial score (nSPS) is 20.8. The summed E-state index contributed by atoms with van der Waals surface area (Å²) in [5, 5.41) is 10.2. The van der Waals surface area contributed by atoms with Crippen molar-refractivity contribution in [2.75, 3.05) is 33.3 Å². The molecule has 0 aromatic rings. The van der Waals surface area contributed by atoms with Gasteiger partial charge < -0.3 is 5.11 Å². The molecular weight excluding hydrogens is 304 g/mol. The zero-order valence-electron chi connectivity index (χ0n) is 14.8. The number of aliphatic imine (C=N–C) groups is 1. The molecule has 128 valence electrons. The monoisotopic (exact) mass is 334 g/mol. The number of likely N-dealkylation sites (tertiary alicyclic amines) is 1. The van der Waals surface area contributed by atoms with E-state index in [2.05, 4.69) is 43.0 Å². The second-order valence-electron chi connectivity index (χ2n) is 5.63. The van der Waals surface area contributed by atoms with E-state index in [0.717, 1.165) is 54.4 Å². The standard InChI is InChI=1S/C19H30N2OS/c1-6-15(3)19(20-5)23-16(4)14-21-11-8-17(7-2)18(9-12-21)10-13-22/h7,10,22H,3-4,6,8-9,11-14H2,1-2,5H3/b17-7-,18-10-,20-19?. The predicted molar refractivity (Wildman–Crippen MR) is 104 cm³/mol. The Morgan fingerprint density at radius 3 is 2.48 bits per heavy atom. The van der Waals surface area contributed by atoms with Crippen LogP contribution in [0.3, 0.4) is 0 Å². The molecule has 1 saturated heterocycles. The lowest BCUT2D eigenvalue weighted by atomic mass is 10.0. The van der Waals surface area contributed by atoms with E-state index in [1.54, 1.807) is 11.8 Å². The van der Waals surface area contributed by atoms with E-state index in [9.17, 15) is 5.11 Å². The van der Waals surface area contributed by atoms with Crippen LogP contribution in [0.4, 0.5) is 0 Å². The van der Waals surface area contributed by atoms with Crippen molar-refractivity contribution in [3.63, 3.8) is 0 Å². The fourth-order valence-electron chi connectivity index (χ4n) is 2.67. The van der Waals surface area contributed by atoms with Gasteiger partial charge in [-0.25, -0.2) is 0 Å². The summed E-state index contributed by atoms with van der Waals surface area (Å²) in [6.07, 6.45) is 7.03. The quantitative estimate of drug-likeness (QED) is 0.584. The first-order valence-electron chi connectivity index (χ1n) is 8.24. The lowest BCUT2D eigenvalue weighted by molar-refractivity contribution is 0.318. The lowest BCUT2D eigenvalue weighted by Crippen LogP contribution is -2.26. The first-order valence-corrected chi connectivity index (χ1v) is 9.05. The molecule has 1 fully saturated rings. The van der Waals surface area contributed by atoms with Gasteiger partial charge in [-0.05, 0) is 47.8 Å². The predicted octanol–water partition coefficient (Wildman–Crippen LogP) is 4.19. The molecule has 0 atom stereocenters. The largest absolute Gasteiger partial charge is 0.392 e. The third-order valence-electron chi connectivity index (χ3n) is 4.07. The summed E-state index contributed by atoms with van der Waals surface area (Å²) in [6.45, 7) is 15.4. The first kappa shape index (κ1) is 19.9. The summed E-state index contributed by atoms with van der Waals surface area (Å²) >= 11 is 1.64. The minimum absolute atomic E-state index is 0.116. The van der Waals surface area contributed by atoms with Crippen LogP contribution < -0.4 is 0 Å². The minimum Gasteiger partial charge on any atom is -0.392 e. The van der Waals surface area contributed by atoms with E-state index in [-0.39, 0.29) is 6.61 Å². The summed E-state index contributed by atoms with van der Waals surface area (Å²) in [4.78, 5) is 7.86. The molecule has 1 heterocycles. The highest BCUT2D eigenvalue weighted by Gasteiger charge is 2.17. The van der Waals surface area contributed by atoms with Crippen molar-refractivity contribution in [1.82, 2.24) is 4.90 Å². The number of nitrogens with zero attached hydrogens (tertiary/aromatic N) is 2. The SMILES string of the molecule is C=C(CN1CCC(=C/C)/C(=C\CO)CC1)SC(=NC)C(=C)CC. The molecule has 0 aliphatic carbocycles. The third-order valence-corrected chi connectivity index (χ3v) is 5.15. The van der Waals surface area contributed by atoms with Gasteiger partial charge in [0.05, 0.1) is 11.7 Å². The molecule has 0 saturated carbocycles. The Bertz CT molecular complexity index is 517. The summed E-state index contributed by atoms with van der Waals surface area (Å²) in [5.41, 5.74) is 3.71. The van der Waals surface area contributed by atoms with Crippen molar-refractivity contribution in [2.24, 2.45) is 4.99 Å². The summed E-state index contributed by atoms with van der Waals surface area (Å²) in [7, 11) is 1.81. The Hall–Kier alpha value is -1.10. The molecule has 3 nitrogen and oxygen atoms in total. The highest BCUT2D eigenvalue weighted by Crippen LogP contribution is 2.26. The smallest absolute Gasteiger partial charge is 0.0971 e. The number of allylic oxidation sites excluding steroid dienone is 1. The zero-order valence-corrected chi connectivity index (χ0v) is 15.6. The molecule has 1 aliphatic heterocycles. The van der Waals surface area contributed by atoms with Gasteiger partial charge in [0.1, 0.15) is 0 Å². The Kier molecular flexibility index (Phi) is 9.22. The Morgan fingerprint density at radius 2 is 1.96 bits per heavy atom. The maximum absolute atomic E-state index is 9.18. The number of thioether (sulfide) groups is 1. The molecule has 23 heavy (non-hydrogen) atoms. The van der Waals surface area contributed by atoms with Gasteiger partial charge >= 0.3 is 0 Å². The topological polar surface area (TPSA) is 35.8 Å². The van der Waals surface area contributed by atoms with Gasteiger partial charge in [-0.3, -0.25) is 9.89 Å². The molecule has 0 radical (unpaired) electrons. The van der Waals surface area contributed by atoms with E-state index in [1.165, 1.54) is 11.1 Å². The van der Waals surface area contributed by atoms with Crippen LogP contribution in [0, 0.1) is 0 Å². The van der Waals surface area contributed by atoms with Crippen molar-refractivity contribution in [2.45, 2.75) is 33.1 Å². The van der Waals surface area contributed by atoms with Crippen molar-refractivity contribution < 1.29 is 5.11 Å². The lowest BCUT2D eigenvalue weighted by Gasteiger charge is -2.21. The van der Waals surface area contributed by atoms with Crippen LogP contribution >= 0.6 is 11.8 Å². The number of rotatable bonds is 6. The summed E-state index contributed by atoms with van der Waals surface area (Å²) < 4.78 is 0. The number of hydrogen-bond acceptors (Lipinski definition) is 4. The maximum Gasteiger partial charge on any atom is 0.0971 e. The van der Waals surface area contributed by atoms with Gasteiger partial charge in [-0.1, -0.05) is 44.0 Å². The van der Waals surface area contributed by atoms with Crippen LogP contribution in [0.5, 0.6) is 0 Å². The second kappa shape index (κ2) is 10.6. The number of aliphatic hydroxyl groups excluding tert-OH is 1. The van der Waals surface area contributed by atoms with Gasteiger partial charge in [0.2, 0.25) is 0 Å². The van der Waals surface area contributed by atoms with Crippen molar-refractivity contribution >= 4 is 16.8 Å². The number of aliphatic hydroxyl groups is 1. The van der Waals surface area contributed by atoms with Crippen molar-refractivity contribution in [1.29, 1.82) is 0 Å². The van der Waals surface area contributed by atoms with Gasteiger partial charge in [0.15, 0.2) is 0 Å². The van der Waals surface area contributed by atoms with Gasteiger partial charge in [-0.2, -0.15) is 0 Å². The minimum atomic E-state index is 0.116. The third kappa shape index (κ3) is 6.50. The summed E-state index contributed by atoms with van der Waals surface area (Å²) in [5.74, 6) is 0. The molecule has 1 N–H and O–H groups in total. The van der Waals surface area contributed by atoms with E-state index < -0.39 is 0 Å². The van der Waals surface area contributed by atoms with E-state index in [1.807, 2.05) is 13.1 Å². The van der Waals surface area contributed by atoms with E-state index >= 15 is 0 Å². The van der Waals surface area contributed by atoms with Crippen LogP contribution in [0.15, 0.2) is 51.9 Å². The highest BCUT2D eigenvalue weighted by atomic mass is 32.2. The van der Waals surface area contributed by atoms with Crippen LogP contribution in [-0.2, 0) is 0 Å². The average Bonchev–Trinajstić information content (AvgIpc) is 2.74. The molecule has 1 rings (SSSR count). The molecule has 1 aliphatic rings. The van der Waals surface area contributed by atoms with Crippen molar-refractivity contribution in [3.8, 4) is 0 Å². The zero-order chi connectivity index (χ0) is 17.2. The van der Waals surface area contributed by atoms with Crippen molar-refractivity contribution in [3.05, 3.63) is 46.9 Å². The number of hydrogen-bond donors (Lipinski definition) is 1. The van der Waals surface area contributed by atoms with E-state index in [0.29, 0.717) is 0 Å². The van der Waals surface area contributed by atoms with Crippen LogP contribution in [0.2, 0.25) is 0 Å². The molecule has 0 spiro atoms. The fraction of sp³-hybridized carbons (Fsp3) is 0.526. The highest BCUT2D eigenvalue weighted by molar-refractivity contribution is 8.17. The van der Waals surface area contributed by atoms with Gasteiger partial charge in [0, 0.05) is 26.7 Å². The van der Waals surface area contributed by atoms with Crippen LogP contribution in [0.25, 0.3) is 0 Å². The molecule has 0 unspecified atom stereocenters. The van der Waals surface area contributed by atoms with Crippen LogP contribution in [0.1, 0.15) is 33.1 Å². The Labute approximate surface area is 145 Å². The molecule has 0 amide bonds. The molecule has 4 heteroatoms. The Balaban J connectivity index is 2.63. The Morgan fingerprint density at radius 1 is 1.30 bits per heavy atom. The summed E-state index contributed by atoms with van der Waals surface area (Å²) in [6, 6.07) is 0. The molecule has 0 aromatic heterocycles. The maximum atomic E-state index is 9.18. The molecular formula is C19H30N2OS.